The van der Waals surface area contributed by atoms with E-state index in [1.807, 2.05) is 0 Å². The van der Waals surface area contributed by atoms with Crippen LogP contribution in [0.25, 0.3) is 0 Å². The van der Waals surface area contributed by atoms with Crippen LogP contribution in [0.2, 0.25) is 0 Å². The first-order valence-corrected chi connectivity index (χ1v) is 11.3. The van der Waals surface area contributed by atoms with Gasteiger partial charge in [-0.25, -0.2) is 9.37 Å². The Morgan fingerprint density at radius 2 is 1.97 bits per heavy atom. The van der Waals surface area contributed by atoms with Gasteiger partial charge in [0.2, 0.25) is 0 Å². The number of rotatable bonds is 7. The van der Waals surface area contributed by atoms with Crippen molar-refractivity contribution in [2.45, 2.75) is 32.0 Å². The smallest absolute Gasteiger partial charge is 0.471 e. The number of pyridine rings is 1. The topological polar surface area (TPSA) is 80.8 Å². The number of aromatic nitrogens is 1. The summed E-state index contributed by atoms with van der Waals surface area (Å²) in [5.74, 6) is -2.61. The van der Waals surface area contributed by atoms with Crippen molar-refractivity contribution in [3.8, 4) is 5.75 Å². The molecule has 1 N–H and O–H groups in total. The van der Waals surface area contributed by atoms with E-state index < -0.39 is 23.9 Å². The van der Waals surface area contributed by atoms with E-state index in [9.17, 15) is 27.2 Å². The number of alkyl halides is 3. The number of nitrogens with one attached hydrogen (secondary N) is 1. The molecule has 1 atom stereocenters. The standard InChI is InChI=1S/C26H23F4N3O4/c1-15-16(4-3-5-21(15)32-23-9-6-18(27)12-31-23)13-33(25(35)26(28,29)30)19-7-8-20-17(10-24(34)36-2)14-37-22(20)11-19/h3-9,11-12,17H,10,13-14H2,1-2H3,(H,31,32)/t17-/m1/s1. The number of amides is 1. The van der Waals surface area contributed by atoms with Crippen molar-refractivity contribution in [2.24, 2.45) is 0 Å². The van der Waals surface area contributed by atoms with Crippen molar-refractivity contribution in [3.05, 3.63) is 77.2 Å². The predicted molar refractivity (Wildman–Crippen MR) is 127 cm³/mol. The molecule has 0 bridgehead atoms. The van der Waals surface area contributed by atoms with E-state index in [2.05, 4.69) is 15.0 Å². The Balaban J connectivity index is 1.64. The Hall–Kier alpha value is -4.15. The molecule has 2 heterocycles. The highest BCUT2D eigenvalue weighted by molar-refractivity contribution is 5.97. The summed E-state index contributed by atoms with van der Waals surface area (Å²) in [5, 5.41) is 3.01. The Labute approximate surface area is 210 Å². The molecule has 4 rings (SSSR count). The maximum atomic E-state index is 13.6. The summed E-state index contributed by atoms with van der Waals surface area (Å²) in [5.41, 5.74) is 2.23. The van der Waals surface area contributed by atoms with Crippen molar-refractivity contribution < 1.29 is 36.6 Å². The second-order valence-electron chi connectivity index (χ2n) is 8.48. The molecule has 0 radical (unpaired) electrons. The molecule has 0 saturated heterocycles. The highest BCUT2D eigenvalue weighted by atomic mass is 19.4. The first-order chi connectivity index (χ1) is 17.6. The second-order valence-corrected chi connectivity index (χ2v) is 8.48. The number of anilines is 3. The number of esters is 1. The van der Waals surface area contributed by atoms with Gasteiger partial charge in [0.15, 0.2) is 0 Å². The van der Waals surface area contributed by atoms with Gasteiger partial charge in [0.25, 0.3) is 0 Å². The zero-order chi connectivity index (χ0) is 26.7. The van der Waals surface area contributed by atoms with Crippen LogP contribution in [0.15, 0.2) is 54.7 Å². The summed E-state index contributed by atoms with van der Waals surface area (Å²) in [6.45, 7) is 1.49. The van der Waals surface area contributed by atoms with Gasteiger partial charge >= 0.3 is 18.1 Å². The second kappa shape index (κ2) is 10.5. The fraction of sp³-hybridized carbons (Fsp3) is 0.269. The van der Waals surface area contributed by atoms with Crippen LogP contribution in [0, 0.1) is 12.7 Å². The summed E-state index contributed by atoms with van der Waals surface area (Å²) < 4.78 is 64.2. The lowest BCUT2D eigenvalue weighted by Crippen LogP contribution is -2.41. The molecule has 0 fully saturated rings. The molecule has 37 heavy (non-hydrogen) atoms. The van der Waals surface area contributed by atoms with Gasteiger partial charge in [-0.3, -0.25) is 9.59 Å². The number of ether oxygens (including phenoxy) is 2. The van der Waals surface area contributed by atoms with Gasteiger partial charge in [-0.2, -0.15) is 13.2 Å². The van der Waals surface area contributed by atoms with Crippen molar-refractivity contribution in [1.29, 1.82) is 0 Å². The number of hydrogen-bond acceptors (Lipinski definition) is 6. The first kappa shape index (κ1) is 25.9. The normalized spacial score (nSPS) is 14.5. The molecular weight excluding hydrogens is 494 g/mol. The number of hydrogen-bond donors (Lipinski definition) is 1. The van der Waals surface area contributed by atoms with Crippen LogP contribution in [0.4, 0.5) is 34.8 Å². The molecule has 1 aliphatic rings. The molecule has 0 aliphatic carbocycles. The molecule has 194 valence electrons. The number of methoxy groups -OCH3 is 1. The third kappa shape index (κ3) is 5.82. The van der Waals surface area contributed by atoms with Gasteiger partial charge in [0.1, 0.15) is 17.4 Å². The minimum Gasteiger partial charge on any atom is -0.493 e. The molecule has 1 aromatic heterocycles. The van der Waals surface area contributed by atoms with Gasteiger partial charge in [0.05, 0.1) is 32.9 Å². The Bertz CT molecular complexity index is 1310. The number of fused-ring (bicyclic) bond motifs is 1. The third-order valence-electron chi connectivity index (χ3n) is 6.08. The van der Waals surface area contributed by atoms with Crippen LogP contribution in [0.3, 0.4) is 0 Å². The lowest BCUT2D eigenvalue weighted by Gasteiger charge is -2.26. The quantitative estimate of drug-likeness (QED) is 0.334. The number of carbonyl (C=O) groups excluding carboxylic acids is 2. The largest absolute Gasteiger partial charge is 0.493 e. The summed E-state index contributed by atoms with van der Waals surface area (Å²) in [6.07, 6.45) is -4.01. The minimum atomic E-state index is -5.12. The van der Waals surface area contributed by atoms with Crippen LogP contribution < -0.4 is 15.0 Å². The SMILES string of the molecule is COC(=O)C[C@@H]1COc2cc(N(Cc3cccc(Nc4ccc(F)cn4)c3C)C(=O)C(F)(F)F)ccc21. The highest BCUT2D eigenvalue weighted by Crippen LogP contribution is 2.40. The average Bonchev–Trinajstić information content (AvgIpc) is 3.26. The molecule has 0 spiro atoms. The molecule has 1 aliphatic heterocycles. The Morgan fingerprint density at radius 3 is 2.65 bits per heavy atom. The van der Waals surface area contributed by atoms with E-state index in [4.69, 9.17) is 4.74 Å². The van der Waals surface area contributed by atoms with E-state index in [0.717, 1.165) is 6.20 Å². The van der Waals surface area contributed by atoms with Gasteiger partial charge in [-0.1, -0.05) is 18.2 Å². The molecule has 1 amide bonds. The molecular formula is C26H23F4N3O4. The third-order valence-corrected chi connectivity index (χ3v) is 6.08. The van der Waals surface area contributed by atoms with Crippen LogP contribution in [0.5, 0.6) is 5.75 Å². The minimum absolute atomic E-state index is 0.00208. The number of benzene rings is 2. The summed E-state index contributed by atoms with van der Waals surface area (Å²) in [7, 11) is 1.27. The van der Waals surface area contributed by atoms with Crippen molar-refractivity contribution in [3.63, 3.8) is 0 Å². The molecule has 0 unspecified atom stereocenters. The van der Waals surface area contributed by atoms with E-state index in [-0.39, 0.29) is 31.2 Å². The summed E-state index contributed by atoms with van der Waals surface area (Å²) in [6, 6.07) is 11.9. The number of halogens is 4. The van der Waals surface area contributed by atoms with Crippen molar-refractivity contribution in [1.82, 2.24) is 4.98 Å². The van der Waals surface area contributed by atoms with Gasteiger partial charge in [-0.05, 0) is 42.3 Å². The number of carbonyl (C=O) groups is 2. The maximum Gasteiger partial charge on any atom is 0.471 e. The van der Waals surface area contributed by atoms with Gasteiger partial charge < -0.3 is 19.7 Å². The van der Waals surface area contributed by atoms with E-state index in [1.54, 1.807) is 31.2 Å². The molecule has 11 heteroatoms. The number of nitrogens with zero attached hydrogens (tertiary/aromatic N) is 2. The monoisotopic (exact) mass is 517 g/mol. The van der Waals surface area contributed by atoms with Gasteiger partial charge in [0, 0.05) is 28.9 Å². The van der Waals surface area contributed by atoms with Crippen LogP contribution in [-0.4, -0.2) is 36.8 Å². The Kier molecular flexibility index (Phi) is 7.33. The highest BCUT2D eigenvalue weighted by Gasteiger charge is 2.43. The van der Waals surface area contributed by atoms with Gasteiger partial charge in [-0.15, -0.1) is 0 Å². The van der Waals surface area contributed by atoms with E-state index in [1.165, 1.54) is 31.4 Å². The lowest BCUT2D eigenvalue weighted by molar-refractivity contribution is -0.170. The zero-order valence-electron chi connectivity index (χ0n) is 19.9. The first-order valence-electron chi connectivity index (χ1n) is 11.3. The van der Waals surface area contributed by atoms with Crippen molar-refractivity contribution >= 4 is 29.1 Å². The van der Waals surface area contributed by atoms with Crippen molar-refractivity contribution in [2.75, 3.05) is 23.9 Å². The fourth-order valence-electron chi connectivity index (χ4n) is 4.07. The predicted octanol–water partition coefficient (Wildman–Crippen LogP) is 5.41. The lowest BCUT2D eigenvalue weighted by atomic mass is 9.97. The molecule has 2 aromatic carbocycles. The summed E-state index contributed by atoms with van der Waals surface area (Å²) in [4.78, 5) is 28.7. The van der Waals surface area contributed by atoms with Crippen LogP contribution in [0.1, 0.15) is 29.0 Å². The van der Waals surface area contributed by atoms with E-state index in [0.29, 0.717) is 38.8 Å². The Morgan fingerprint density at radius 1 is 1.19 bits per heavy atom. The summed E-state index contributed by atoms with van der Waals surface area (Å²) >= 11 is 0. The fourth-order valence-corrected chi connectivity index (χ4v) is 4.07. The van der Waals surface area contributed by atoms with Crippen LogP contribution >= 0.6 is 0 Å². The maximum absolute atomic E-state index is 13.6. The molecule has 3 aromatic rings. The van der Waals surface area contributed by atoms with Crippen LogP contribution in [-0.2, 0) is 20.9 Å². The molecule has 7 nitrogen and oxygen atoms in total. The molecule has 0 saturated carbocycles. The van der Waals surface area contributed by atoms with E-state index >= 15 is 0 Å². The zero-order valence-corrected chi connectivity index (χ0v) is 19.9. The average molecular weight is 517 g/mol.